The third-order valence-electron chi connectivity index (χ3n) is 2.63. The first-order chi connectivity index (χ1) is 8.18. The number of benzene rings is 1. The van der Waals surface area contributed by atoms with E-state index in [9.17, 15) is 9.36 Å². The first-order valence-corrected chi connectivity index (χ1v) is 7.76. The molecule has 0 bridgehead atoms. The molecule has 0 aliphatic carbocycles. The van der Waals surface area contributed by atoms with Gasteiger partial charge in [0.15, 0.2) is 0 Å². The summed E-state index contributed by atoms with van der Waals surface area (Å²) in [6, 6.07) is 8.94. The molecule has 0 aromatic heterocycles. The van der Waals surface area contributed by atoms with Gasteiger partial charge in [-0.05, 0) is 32.9 Å². The SMILES string of the molecule is CC(C)P(=O)(OC(=O)C(C)(C)C)c1ccccc1. The lowest BCUT2D eigenvalue weighted by Crippen LogP contribution is -2.26. The predicted octanol–water partition coefficient (Wildman–Crippen LogP) is 3.59. The Kier molecular flexibility index (Phi) is 4.39. The molecule has 0 saturated heterocycles. The van der Waals surface area contributed by atoms with Crippen LogP contribution in [0.1, 0.15) is 34.6 Å². The monoisotopic (exact) mass is 268 g/mol. The third kappa shape index (κ3) is 3.23. The van der Waals surface area contributed by atoms with Crippen LogP contribution in [-0.2, 0) is 13.9 Å². The molecule has 4 heteroatoms. The van der Waals surface area contributed by atoms with Gasteiger partial charge in [0.2, 0.25) is 0 Å². The summed E-state index contributed by atoms with van der Waals surface area (Å²) in [4.78, 5) is 12.0. The quantitative estimate of drug-likeness (QED) is 0.787. The van der Waals surface area contributed by atoms with Crippen molar-refractivity contribution in [2.75, 3.05) is 0 Å². The van der Waals surface area contributed by atoms with E-state index in [1.165, 1.54) is 0 Å². The molecular formula is C14H21O3P. The van der Waals surface area contributed by atoms with Crippen LogP contribution in [-0.4, -0.2) is 11.6 Å². The van der Waals surface area contributed by atoms with E-state index < -0.39 is 18.8 Å². The molecule has 0 heterocycles. The van der Waals surface area contributed by atoms with Crippen LogP contribution >= 0.6 is 7.37 Å². The van der Waals surface area contributed by atoms with Crippen LogP contribution in [0.25, 0.3) is 0 Å². The summed E-state index contributed by atoms with van der Waals surface area (Å²) in [6.07, 6.45) is 0. The third-order valence-corrected chi connectivity index (χ3v) is 5.44. The lowest BCUT2D eigenvalue weighted by molar-refractivity contribution is -0.142. The Morgan fingerprint density at radius 2 is 1.67 bits per heavy atom. The fourth-order valence-electron chi connectivity index (χ4n) is 1.35. The largest absolute Gasteiger partial charge is 0.408 e. The maximum absolute atomic E-state index is 12.9. The highest BCUT2D eigenvalue weighted by Gasteiger charge is 2.37. The van der Waals surface area contributed by atoms with Crippen molar-refractivity contribution >= 4 is 18.6 Å². The van der Waals surface area contributed by atoms with Gasteiger partial charge >= 0.3 is 5.97 Å². The summed E-state index contributed by atoms with van der Waals surface area (Å²) in [5.74, 6) is -0.427. The Labute approximate surface area is 109 Å². The maximum atomic E-state index is 12.9. The summed E-state index contributed by atoms with van der Waals surface area (Å²) in [5.41, 5.74) is -0.884. The van der Waals surface area contributed by atoms with Crippen molar-refractivity contribution < 1.29 is 13.9 Å². The molecule has 1 unspecified atom stereocenters. The van der Waals surface area contributed by atoms with Crippen molar-refractivity contribution in [1.82, 2.24) is 0 Å². The molecule has 0 saturated carbocycles. The van der Waals surface area contributed by atoms with E-state index in [1.807, 2.05) is 19.9 Å². The molecule has 100 valence electrons. The Hall–Kier alpha value is -1.08. The zero-order valence-corrected chi connectivity index (χ0v) is 12.5. The highest BCUT2D eigenvalue weighted by Crippen LogP contribution is 2.51. The number of hydrogen-bond acceptors (Lipinski definition) is 3. The van der Waals surface area contributed by atoms with Crippen molar-refractivity contribution in [2.24, 2.45) is 5.41 Å². The molecule has 0 spiro atoms. The number of carbonyl (C=O) groups excluding carboxylic acids is 1. The molecule has 1 aromatic carbocycles. The second-order valence-corrected chi connectivity index (χ2v) is 8.58. The van der Waals surface area contributed by atoms with E-state index in [-0.39, 0.29) is 5.66 Å². The Bertz CT molecular complexity index is 458. The van der Waals surface area contributed by atoms with Gasteiger partial charge in [-0.15, -0.1) is 0 Å². The van der Waals surface area contributed by atoms with Crippen LogP contribution in [0.4, 0.5) is 0 Å². The Balaban J connectivity index is 3.12. The average molecular weight is 268 g/mol. The highest BCUT2D eigenvalue weighted by atomic mass is 31.2. The minimum Gasteiger partial charge on any atom is -0.408 e. The molecule has 1 rings (SSSR count). The fourth-order valence-corrected chi connectivity index (χ4v) is 3.37. The van der Waals surface area contributed by atoms with E-state index in [0.717, 1.165) is 0 Å². The summed E-state index contributed by atoms with van der Waals surface area (Å²) >= 11 is 0. The molecule has 0 aliphatic heterocycles. The van der Waals surface area contributed by atoms with Gasteiger partial charge in [0, 0.05) is 11.0 Å². The second kappa shape index (κ2) is 5.27. The molecule has 0 N–H and O–H groups in total. The van der Waals surface area contributed by atoms with Crippen LogP contribution in [0.15, 0.2) is 30.3 Å². The predicted molar refractivity (Wildman–Crippen MR) is 74.4 cm³/mol. The minimum absolute atomic E-state index is 0.230. The van der Waals surface area contributed by atoms with Gasteiger partial charge in [-0.25, -0.2) is 0 Å². The van der Waals surface area contributed by atoms with Crippen LogP contribution in [0.3, 0.4) is 0 Å². The lowest BCUT2D eigenvalue weighted by atomic mass is 9.98. The van der Waals surface area contributed by atoms with Crippen molar-refractivity contribution in [3.63, 3.8) is 0 Å². The normalized spacial score (nSPS) is 15.2. The van der Waals surface area contributed by atoms with Crippen LogP contribution in [0.5, 0.6) is 0 Å². The van der Waals surface area contributed by atoms with Crippen LogP contribution < -0.4 is 5.30 Å². The Morgan fingerprint density at radius 1 is 1.17 bits per heavy atom. The Morgan fingerprint density at radius 3 is 2.06 bits per heavy atom. The molecule has 3 nitrogen and oxygen atoms in total. The topological polar surface area (TPSA) is 43.4 Å². The van der Waals surface area contributed by atoms with Crippen molar-refractivity contribution in [3.8, 4) is 0 Å². The van der Waals surface area contributed by atoms with E-state index in [4.69, 9.17) is 4.52 Å². The maximum Gasteiger partial charge on any atom is 0.316 e. The first-order valence-electron chi connectivity index (χ1n) is 6.07. The average Bonchev–Trinajstić information content (AvgIpc) is 2.28. The van der Waals surface area contributed by atoms with Gasteiger partial charge < -0.3 is 4.52 Å². The fraction of sp³-hybridized carbons (Fsp3) is 0.500. The zero-order chi connectivity index (χ0) is 14.0. The van der Waals surface area contributed by atoms with Gasteiger partial charge in [-0.3, -0.25) is 9.36 Å². The van der Waals surface area contributed by atoms with Crippen LogP contribution in [0.2, 0.25) is 0 Å². The highest BCUT2D eigenvalue weighted by molar-refractivity contribution is 7.68. The second-order valence-electron chi connectivity index (χ2n) is 5.66. The molecule has 0 fully saturated rings. The van der Waals surface area contributed by atoms with Crippen molar-refractivity contribution in [1.29, 1.82) is 0 Å². The summed E-state index contributed by atoms with van der Waals surface area (Å²) in [7, 11) is -3.15. The molecule has 0 aliphatic rings. The molecule has 18 heavy (non-hydrogen) atoms. The van der Waals surface area contributed by atoms with Crippen LogP contribution in [0, 0.1) is 5.41 Å². The van der Waals surface area contributed by atoms with Gasteiger partial charge in [0.05, 0.1) is 5.41 Å². The van der Waals surface area contributed by atoms with E-state index in [1.54, 1.807) is 45.0 Å². The van der Waals surface area contributed by atoms with E-state index in [2.05, 4.69) is 0 Å². The summed E-state index contributed by atoms with van der Waals surface area (Å²) in [5, 5.41) is 0.595. The number of hydrogen-bond donors (Lipinski definition) is 0. The van der Waals surface area contributed by atoms with Gasteiger partial charge in [0.1, 0.15) is 0 Å². The van der Waals surface area contributed by atoms with E-state index in [0.29, 0.717) is 5.30 Å². The number of rotatable bonds is 3. The van der Waals surface area contributed by atoms with Crippen molar-refractivity contribution in [3.05, 3.63) is 30.3 Å². The smallest absolute Gasteiger partial charge is 0.316 e. The van der Waals surface area contributed by atoms with Gasteiger partial charge in [-0.2, -0.15) is 0 Å². The van der Waals surface area contributed by atoms with Crippen molar-refractivity contribution in [2.45, 2.75) is 40.3 Å². The summed E-state index contributed by atoms with van der Waals surface area (Å²) < 4.78 is 18.3. The van der Waals surface area contributed by atoms with Gasteiger partial charge in [0.25, 0.3) is 7.37 Å². The zero-order valence-electron chi connectivity index (χ0n) is 11.6. The molecule has 1 atom stereocenters. The first kappa shape index (κ1) is 15.0. The molecule has 1 aromatic rings. The minimum atomic E-state index is -3.15. The van der Waals surface area contributed by atoms with Gasteiger partial charge in [-0.1, -0.05) is 32.0 Å². The molecular weight excluding hydrogens is 247 g/mol. The standard InChI is InChI=1S/C14H21O3P/c1-11(2)18(16,12-9-7-6-8-10-12)17-13(15)14(3,4)5/h6-11H,1-5H3. The molecule has 0 amide bonds. The van der Waals surface area contributed by atoms with E-state index >= 15 is 0 Å². The lowest BCUT2D eigenvalue weighted by Gasteiger charge is -2.26. The number of carbonyl (C=O) groups is 1. The molecule has 0 radical (unpaired) electrons. The summed E-state index contributed by atoms with van der Waals surface area (Å²) in [6.45, 7) is 8.88.